The van der Waals surface area contributed by atoms with E-state index < -0.39 is 11.2 Å². The molecule has 0 unspecified atom stereocenters. The third-order valence-corrected chi connectivity index (χ3v) is 2.14. The zero-order valence-corrected chi connectivity index (χ0v) is 9.39. The van der Waals surface area contributed by atoms with Gasteiger partial charge in [0.1, 0.15) is 5.82 Å². The van der Waals surface area contributed by atoms with E-state index in [-0.39, 0.29) is 11.8 Å². The van der Waals surface area contributed by atoms with E-state index in [0.717, 1.165) is 10.6 Å². The lowest BCUT2D eigenvalue weighted by Gasteiger charge is -2.07. The van der Waals surface area contributed by atoms with Gasteiger partial charge >= 0.3 is 5.69 Å². The van der Waals surface area contributed by atoms with Crippen LogP contribution >= 0.6 is 0 Å². The zero-order chi connectivity index (χ0) is 12.6. The van der Waals surface area contributed by atoms with Crippen molar-refractivity contribution in [3.63, 3.8) is 0 Å². The minimum Gasteiger partial charge on any atom is -0.384 e. The molecule has 7 heteroatoms. The second kappa shape index (κ2) is 3.85. The van der Waals surface area contributed by atoms with Crippen LogP contribution in [0.5, 0.6) is 0 Å². The number of H-pyrrole nitrogens is 1. The van der Waals surface area contributed by atoms with Gasteiger partial charge in [-0.05, 0) is 19.9 Å². The average molecular weight is 233 g/mol. The smallest absolute Gasteiger partial charge is 0.337 e. The quantitative estimate of drug-likeness (QED) is 0.691. The van der Waals surface area contributed by atoms with Crippen LogP contribution in [0.2, 0.25) is 0 Å². The normalized spacial score (nSPS) is 10.5. The predicted molar refractivity (Wildman–Crippen MR) is 62.1 cm³/mol. The Labute approximate surface area is 96.0 Å². The molecule has 0 spiro atoms. The molecular weight excluding hydrogens is 222 g/mol. The molecule has 0 amide bonds. The summed E-state index contributed by atoms with van der Waals surface area (Å²) in [6.07, 6.45) is 0. The molecule has 3 N–H and O–H groups in total. The number of nitrogen functional groups attached to an aromatic ring is 1. The van der Waals surface area contributed by atoms with Crippen LogP contribution in [0.4, 0.5) is 5.82 Å². The van der Waals surface area contributed by atoms with Crippen molar-refractivity contribution in [3.8, 4) is 5.95 Å². The van der Waals surface area contributed by atoms with E-state index in [9.17, 15) is 9.59 Å². The molecule has 2 aromatic rings. The predicted octanol–water partition coefficient (Wildman–Crippen LogP) is -0.485. The highest BCUT2D eigenvalue weighted by atomic mass is 16.2. The second-order valence-electron chi connectivity index (χ2n) is 3.65. The number of rotatable bonds is 1. The average Bonchev–Trinajstić information content (AvgIpc) is 2.13. The summed E-state index contributed by atoms with van der Waals surface area (Å²) >= 11 is 0. The number of nitrogens with one attached hydrogen (secondary N) is 1. The van der Waals surface area contributed by atoms with Crippen LogP contribution in [0.25, 0.3) is 5.95 Å². The number of nitrogens with zero attached hydrogens (tertiary/aromatic N) is 3. The van der Waals surface area contributed by atoms with Crippen LogP contribution < -0.4 is 17.0 Å². The number of hydrogen-bond acceptors (Lipinski definition) is 5. The molecule has 0 saturated carbocycles. The van der Waals surface area contributed by atoms with Gasteiger partial charge in [0.2, 0.25) is 5.95 Å². The molecule has 0 atom stereocenters. The van der Waals surface area contributed by atoms with Gasteiger partial charge in [-0.3, -0.25) is 9.78 Å². The number of hydrogen-bond donors (Lipinski definition) is 2. The molecule has 0 aliphatic heterocycles. The van der Waals surface area contributed by atoms with Gasteiger partial charge in [0.15, 0.2) is 0 Å². The molecule has 88 valence electrons. The van der Waals surface area contributed by atoms with Crippen LogP contribution in [0.15, 0.2) is 21.7 Å². The third-order valence-electron chi connectivity index (χ3n) is 2.14. The number of nitrogens with two attached hydrogens (primary N) is 1. The summed E-state index contributed by atoms with van der Waals surface area (Å²) in [4.78, 5) is 33.0. The second-order valence-corrected chi connectivity index (χ2v) is 3.65. The highest BCUT2D eigenvalue weighted by Gasteiger charge is 2.09. The summed E-state index contributed by atoms with van der Waals surface area (Å²) < 4.78 is 1.06. The third kappa shape index (κ3) is 2.07. The highest BCUT2D eigenvalue weighted by molar-refractivity contribution is 5.34. The van der Waals surface area contributed by atoms with Gasteiger partial charge < -0.3 is 5.73 Å². The fourth-order valence-electron chi connectivity index (χ4n) is 1.53. The first kappa shape index (κ1) is 11.1. The summed E-state index contributed by atoms with van der Waals surface area (Å²) in [5.74, 6) is 0.157. The Hall–Kier alpha value is -2.44. The van der Waals surface area contributed by atoms with Gasteiger partial charge in [0, 0.05) is 17.5 Å². The standard InChI is InChI=1S/C10H11N5O2/c1-5-3-6(2)13-9(12-5)15-7(11)4-8(16)14-10(15)17/h3-4H,11H2,1-2H3,(H,14,16,17). The van der Waals surface area contributed by atoms with E-state index in [4.69, 9.17) is 5.73 Å². The maximum absolute atomic E-state index is 11.6. The van der Waals surface area contributed by atoms with Crippen molar-refractivity contribution >= 4 is 5.82 Å². The van der Waals surface area contributed by atoms with Crippen LogP contribution in [0, 0.1) is 13.8 Å². The van der Waals surface area contributed by atoms with E-state index in [1.54, 1.807) is 19.9 Å². The number of aromatic nitrogens is 4. The van der Waals surface area contributed by atoms with Crippen molar-refractivity contribution in [1.82, 2.24) is 19.5 Å². The van der Waals surface area contributed by atoms with Gasteiger partial charge in [-0.2, -0.15) is 0 Å². The fourth-order valence-corrected chi connectivity index (χ4v) is 1.53. The Bertz CT molecular complexity index is 666. The number of aryl methyl sites for hydroxylation is 2. The topological polar surface area (TPSA) is 107 Å². The Balaban J connectivity index is 2.77. The van der Waals surface area contributed by atoms with Crippen molar-refractivity contribution in [2.45, 2.75) is 13.8 Å². The van der Waals surface area contributed by atoms with Gasteiger partial charge in [-0.25, -0.2) is 19.3 Å². The molecule has 0 aromatic carbocycles. The minimum atomic E-state index is -0.653. The minimum absolute atomic E-state index is 0.00347. The maximum atomic E-state index is 11.6. The van der Waals surface area contributed by atoms with E-state index in [2.05, 4.69) is 15.0 Å². The summed E-state index contributed by atoms with van der Waals surface area (Å²) in [7, 11) is 0. The fraction of sp³-hybridized carbons (Fsp3) is 0.200. The van der Waals surface area contributed by atoms with Crippen molar-refractivity contribution in [2.75, 3.05) is 5.73 Å². The molecule has 2 aromatic heterocycles. The van der Waals surface area contributed by atoms with Gasteiger partial charge in [-0.1, -0.05) is 0 Å². The van der Waals surface area contributed by atoms with Crippen LogP contribution in [-0.4, -0.2) is 19.5 Å². The monoisotopic (exact) mass is 233 g/mol. The molecule has 0 aliphatic carbocycles. The molecule has 0 radical (unpaired) electrons. The van der Waals surface area contributed by atoms with E-state index in [1.165, 1.54) is 0 Å². The molecule has 2 heterocycles. The van der Waals surface area contributed by atoms with Gasteiger partial charge in [-0.15, -0.1) is 0 Å². The Morgan fingerprint density at radius 2 is 1.76 bits per heavy atom. The molecule has 0 bridgehead atoms. The number of aromatic amines is 1. The lowest BCUT2D eigenvalue weighted by molar-refractivity contribution is 0.827. The van der Waals surface area contributed by atoms with Crippen LogP contribution in [0.1, 0.15) is 11.4 Å². The lowest BCUT2D eigenvalue weighted by atomic mass is 10.3. The summed E-state index contributed by atoms with van der Waals surface area (Å²) in [6.45, 7) is 3.57. The number of anilines is 1. The van der Waals surface area contributed by atoms with Crippen LogP contribution in [0.3, 0.4) is 0 Å². The molecule has 0 fully saturated rings. The lowest BCUT2D eigenvalue weighted by Crippen LogP contribution is -2.31. The molecule has 0 saturated heterocycles. The highest BCUT2D eigenvalue weighted by Crippen LogP contribution is 2.05. The van der Waals surface area contributed by atoms with Crippen molar-refractivity contribution in [2.24, 2.45) is 0 Å². The Morgan fingerprint density at radius 3 is 2.29 bits per heavy atom. The largest absolute Gasteiger partial charge is 0.384 e. The van der Waals surface area contributed by atoms with Crippen molar-refractivity contribution in [1.29, 1.82) is 0 Å². The Kier molecular flexibility index (Phi) is 2.51. The first-order valence-electron chi connectivity index (χ1n) is 4.92. The van der Waals surface area contributed by atoms with Gasteiger partial charge in [0.05, 0.1) is 0 Å². The van der Waals surface area contributed by atoms with Crippen LogP contribution in [-0.2, 0) is 0 Å². The molecular formula is C10H11N5O2. The van der Waals surface area contributed by atoms with E-state index in [0.29, 0.717) is 11.4 Å². The summed E-state index contributed by atoms with van der Waals surface area (Å²) in [5, 5.41) is 0. The molecule has 7 nitrogen and oxygen atoms in total. The summed E-state index contributed by atoms with van der Waals surface area (Å²) in [6, 6.07) is 2.89. The van der Waals surface area contributed by atoms with Crippen molar-refractivity contribution < 1.29 is 0 Å². The maximum Gasteiger partial charge on any atom is 0.337 e. The SMILES string of the molecule is Cc1cc(C)nc(-n2c(N)cc(=O)[nH]c2=O)n1. The molecule has 17 heavy (non-hydrogen) atoms. The van der Waals surface area contributed by atoms with E-state index in [1.807, 2.05) is 0 Å². The first-order valence-corrected chi connectivity index (χ1v) is 4.92. The van der Waals surface area contributed by atoms with Crippen molar-refractivity contribution in [3.05, 3.63) is 44.4 Å². The molecule has 2 rings (SSSR count). The van der Waals surface area contributed by atoms with E-state index >= 15 is 0 Å². The summed E-state index contributed by atoms with van der Waals surface area (Å²) in [5.41, 5.74) is 5.84. The zero-order valence-electron chi connectivity index (χ0n) is 9.39. The first-order chi connectivity index (χ1) is 7.97. The Morgan fingerprint density at radius 1 is 1.18 bits per heavy atom. The molecule has 0 aliphatic rings. The van der Waals surface area contributed by atoms with Gasteiger partial charge in [0.25, 0.3) is 5.56 Å².